The van der Waals surface area contributed by atoms with E-state index in [0.29, 0.717) is 6.54 Å². The van der Waals surface area contributed by atoms with E-state index in [9.17, 15) is 19.5 Å². The highest BCUT2D eigenvalue weighted by Crippen LogP contribution is 2.26. The lowest BCUT2D eigenvalue weighted by Gasteiger charge is -2.13. The predicted octanol–water partition coefficient (Wildman–Crippen LogP) is 5.37. The Morgan fingerprint density at radius 1 is 1.18 bits per heavy atom. The van der Waals surface area contributed by atoms with Crippen molar-refractivity contribution in [3.05, 3.63) is 58.1 Å². The molecule has 0 aromatic rings. The number of aliphatic hydroxyl groups is 1. The van der Waals surface area contributed by atoms with Gasteiger partial charge < -0.3 is 19.8 Å². The molecule has 0 spiro atoms. The molecule has 34 heavy (non-hydrogen) atoms. The number of ether oxygens (including phenoxy) is 1. The topological polar surface area (TPSA) is 104 Å². The monoisotopic (exact) mass is 471 g/mol. The molecule has 0 fully saturated rings. The number of rotatable bonds is 13. The van der Waals surface area contributed by atoms with Gasteiger partial charge in [-0.1, -0.05) is 30.2 Å². The Balaban J connectivity index is 1.64. The van der Waals surface area contributed by atoms with Crippen LogP contribution in [0.5, 0.6) is 0 Å². The van der Waals surface area contributed by atoms with Gasteiger partial charge in [-0.2, -0.15) is 0 Å². The summed E-state index contributed by atoms with van der Waals surface area (Å²) in [5.41, 5.74) is 3.91. The zero-order valence-electron chi connectivity index (χ0n) is 20.7. The van der Waals surface area contributed by atoms with E-state index < -0.39 is 11.9 Å². The number of nitrogens with zero attached hydrogens (tertiary/aromatic N) is 1. The van der Waals surface area contributed by atoms with Crippen molar-refractivity contribution in [2.75, 3.05) is 13.1 Å². The Kier molecular flexibility index (Phi) is 10.4. The minimum Gasteiger partial charge on any atom is -0.504 e. The van der Waals surface area contributed by atoms with Gasteiger partial charge in [-0.25, -0.2) is 4.79 Å². The van der Waals surface area contributed by atoms with Crippen LogP contribution in [0.2, 0.25) is 0 Å². The minimum atomic E-state index is -0.988. The normalized spacial score (nSPS) is 19.2. The van der Waals surface area contributed by atoms with E-state index >= 15 is 0 Å². The van der Waals surface area contributed by atoms with Crippen LogP contribution in [0.15, 0.2) is 58.1 Å². The molecule has 0 saturated heterocycles. The van der Waals surface area contributed by atoms with Gasteiger partial charge in [-0.3, -0.25) is 9.59 Å². The van der Waals surface area contributed by atoms with E-state index in [1.54, 1.807) is 13.0 Å². The lowest BCUT2D eigenvalue weighted by Crippen LogP contribution is -2.31. The van der Waals surface area contributed by atoms with Crippen molar-refractivity contribution in [3.63, 3.8) is 0 Å². The van der Waals surface area contributed by atoms with Crippen molar-refractivity contribution in [3.8, 4) is 0 Å². The highest BCUT2D eigenvalue weighted by molar-refractivity contribution is 5.93. The zero-order valence-corrected chi connectivity index (χ0v) is 20.7. The van der Waals surface area contributed by atoms with Gasteiger partial charge in [0, 0.05) is 12.6 Å². The number of cyclic esters (lactones) is 1. The first-order valence-electron chi connectivity index (χ1n) is 11.9. The van der Waals surface area contributed by atoms with E-state index in [0.717, 1.165) is 50.5 Å². The number of aliphatic carboxylic acids is 1. The van der Waals surface area contributed by atoms with Crippen molar-refractivity contribution in [1.29, 1.82) is 0 Å². The quantitative estimate of drug-likeness (QED) is 0.276. The first-order chi connectivity index (χ1) is 16.1. The molecule has 1 atom stereocenters. The van der Waals surface area contributed by atoms with E-state index in [4.69, 9.17) is 9.84 Å². The molecule has 0 bridgehead atoms. The third-order valence-corrected chi connectivity index (χ3v) is 6.11. The maximum Gasteiger partial charge on any atom is 0.343 e. The molecule has 1 amide bonds. The van der Waals surface area contributed by atoms with Crippen molar-refractivity contribution in [2.24, 2.45) is 5.92 Å². The average Bonchev–Trinajstić information content (AvgIpc) is 3.21. The first-order valence-corrected chi connectivity index (χ1v) is 11.9. The molecule has 0 aromatic carbocycles. The fourth-order valence-corrected chi connectivity index (χ4v) is 4.00. The molecule has 7 heteroatoms. The number of amides is 1. The summed E-state index contributed by atoms with van der Waals surface area (Å²) < 4.78 is 5.08. The summed E-state index contributed by atoms with van der Waals surface area (Å²) in [6.07, 6.45) is 14.4. The summed E-state index contributed by atoms with van der Waals surface area (Å²) in [5.74, 6) is -1.25. The molecule has 2 N–H and O–H groups in total. The average molecular weight is 472 g/mol. The van der Waals surface area contributed by atoms with Gasteiger partial charge in [-0.05, 0) is 83.3 Å². The van der Waals surface area contributed by atoms with Crippen LogP contribution in [0.4, 0.5) is 0 Å². The Labute approximate surface area is 202 Å². The summed E-state index contributed by atoms with van der Waals surface area (Å²) in [7, 11) is 0. The zero-order chi connectivity index (χ0) is 25.3. The Bertz CT molecular complexity index is 950. The van der Waals surface area contributed by atoms with Crippen LogP contribution in [0.3, 0.4) is 0 Å². The van der Waals surface area contributed by atoms with Gasteiger partial charge in [0.1, 0.15) is 6.54 Å². The number of esters is 1. The Hall–Kier alpha value is -3.09. The molecule has 0 radical (unpaired) electrons. The Morgan fingerprint density at radius 2 is 1.85 bits per heavy atom. The van der Waals surface area contributed by atoms with E-state index in [1.807, 2.05) is 6.08 Å². The number of hydrogen-bond acceptors (Lipinski definition) is 5. The van der Waals surface area contributed by atoms with Crippen molar-refractivity contribution >= 4 is 17.8 Å². The highest BCUT2D eigenvalue weighted by Gasteiger charge is 2.26. The minimum absolute atomic E-state index is 0.0510. The fraction of sp³-hybridized carbons (Fsp3) is 0.519. The number of carbonyl (C=O) groups is 3. The van der Waals surface area contributed by atoms with Crippen LogP contribution in [-0.2, 0) is 19.1 Å². The lowest BCUT2D eigenvalue weighted by atomic mass is 9.99. The largest absolute Gasteiger partial charge is 0.504 e. The van der Waals surface area contributed by atoms with Gasteiger partial charge in [0.05, 0.1) is 5.57 Å². The van der Waals surface area contributed by atoms with Gasteiger partial charge in [0.15, 0.2) is 11.5 Å². The number of carbonyl (C=O) groups excluding carboxylic acids is 2. The molecule has 7 nitrogen and oxygen atoms in total. The summed E-state index contributed by atoms with van der Waals surface area (Å²) in [6, 6.07) is 0. The molecular weight excluding hydrogens is 434 g/mol. The van der Waals surface area contributed by atoms with Crippen molar-refractivity contribution in [2.45, 2.75) is 72.6 Å². The molecule has 2 rings (SSSR count). The van der Waals surface area contributed by atoms with Crippen LogP contribution in [-0.4, -0.2) is 46.0 Å². The van der Waals surface area contributed by atoms with E-state index in [1.165, 1.54) is 16.0 Å². The molecule has 0 saturated carbocycles. The number of carboxylic acid groups (broad SMARTS) is 1. The van der Waals surface area contributed by atoms with Gasteiger partial charge in [0.25, 0.3) is 0 Å². The van der Waals surface area contributed by atoms with Gasteiger partial charge >= 0.3 is 11.9 Å². The van der Waals surface area contributed by atoms with Crippen LogP contribution in [0, 0.1) is 5.92 Å². The fourth-order valence-electron chi connectivity index (χ4n) is 4.00. The molecule has 0 aromatic heterocycles. The van der Waals surface area contributed by atoms with Crippen LogP contribution in [0.1, 0.15) is 72.6 Å². The second-order valence-electron chi connectivity index (χ2n) is 9.33. The van der Waals surface area contributed by atoms with E-state index in [2.05, 4.69) is 32.9 Å². The molecular formula is C27H37NO6. The first kappa shape index (κ1) is 27.2. The van der Waals surface area contributed by atoms with Crippen molar-refractivity contribution in [1.82, 2.24) is 4.90 Å². The number of hydrogen-bond donors (Lipinski definition) is 2. The van der Waals surface area contributed by atoms with E-state index in [-0.39, 0.29) is 35.5 Å². The molecule has 186 valence electrons. The van der Waals surface area contributed by atoms with Gasteiger partial charge in [0.2, 0.25) is 5.91 Å². The number of allylic oxidation sites excluding steroid dienone is 5. The van der Waals surface area contributed by atoms with Gasteiger partial charge in [-0.15, -0.1) is 0 Å². The second-order valence-corrected chi connectivity index (χ2v) is 9.33. The summed E-state index contributed by atoms with van der Waals surface area (Å²) in [5, 5.41) is 18.7. The molecule has 2 aliphatic rings. The van der Waals surface area contributed by atoms with Crippen molar-refractivity contribution < 1.29 is 29.3 Å². The lowest BCUT2D eigenvalue weighted by molar-refractivity contribution is -0.142. The summed E-state index contributed by atoms with van der Waals surface area (Å²) in [4.78, 5) is 35.4. The SMILES string of the molecule is CC1=C(O)/C(=C/[C@@H](C)CCC/C(C)=C/CC/C(C)=C/CCC2=CC(=O)N(CC(=O)O)C2)OC1=O. The predicted molar refractivity (Wildman–Crippen MR) is 131 cm³/mol. The highest BCUT2D eigenvalue weighted by atomic mass is 16.6. The van der Waals surface area contributed by atoms with Crippen LogP contribution >= 0.6 is 0 Å². The number of carboxylic acids is 1. The molecule has 2 aliphatic heterocycles. The Morgan fingerprint density at radius 3 is 2.50 bits per heavy atom. The van der Waals surface area contributed by atoms with Crippen LogP contribution in [0.25, 0.3) is 0 Å². The summed E-state index contributed by atoms with van der Waals surface area (Å²) in [6.45, 7) is 8.04. The third-order valence-electron chi connectivity index (χ3n) is 6.11. The number of aliphatic hydroxyl groups excluding tert-OH is 1. The molecule has 0 unspecified atom stereocenters. The molecule has 2 heterocycles. The standard InChI is InChI=1S/C27H37NO6/c1-18(10-6-12-20(3)14-23-26(32)21(4)27(33)34-23)8-5-9-19(2)11-7-13-22-15-24(29)28(16-22)17-25(30)31/h8,11,14-15,20,32H,5-7,9-10,12-13,16-17H2,1-4H3,(H,30,31)/b18-8+,19-11+,23-14-/t20-/m0/s1. The second kappa shape index (κ2) is 13.0. The maximum absolute atomic E-state index is 11.8. The maximum atomic E-state index is 11.8. The smallest absolute Gasteiger partial charge is 0.343 e. The van der Waals surface area contributed by atoms with Crippen LogP contribution < -0.4 is 0 Å². The molecule has 0 aliphatic carbocycles. The summed E-state index contributed by atoms with van der Waals surface area (Å²) >= 11 is 0. The third kappa shape index (κ3) is 8.69.